The number of amides is 2. The van der Waals surface area contributed by atoms with Crippen molar-refractivity contribution in [1.29, 1.82) is 0 Å². The second-order valence-electron chi connectivity index (χ2n) is 8.31. The fourth-order valence-corrected chi connectivity index (χ4v) is 3.19. The zero-order valence-electron chi connectivity index (χ0n) is 16.5. The second kappa shape index (κ2) is 8.94. The van der Waals surface area contributed by atoms with Gasteiger partial charge in [-0.1, -0.05) is 6.07 Å². The van der Waals surface area contributed by atoms with Gasteiger partial charge in [0.2, 0.25) is 5.91 Å². The lowest BCUT2D eigenvalue weighted by atomic mass is 9.96. The lowest BCUT2D eigenvalue weighted by Gasteiger charge is -2.32. The first-order valence-corrected chi connectivity index (χ1v) is 9.43. The van der Waals surface area contributed by atoms with Crippen molar-refractivity contribution in [3.05, 3.63) is 35.4 Å². The van der Waals surface area contributed by atoms with E-state index in [1.165, 1.54) is 12.1 Å². The molecule has 1 aliphatic heterocycles. The highest BCUT2D eigenvalue weighted by molar-refractivity contribution is 5.94. The summed E-state index contributed by atoms with van der Waals surface area (Å²) in [5.74, 6) is -0.265. The van der Waals surface area contributed by atoms with Gasteiger partial charge in [-0.15, -0.1) is 0 Å². The van der Waals surface area contributed by atoms with Crippen LogP contribution >= 0.6 is 0 Å². The van der Waals surface area contributed by atoms with Crippen molar-refractivity contribution >= 4 is 11.8 Å². The summed E-state index contributed by atoms with van der Waals surface area (Å²) < 4.78 is 38.3. The Morgan fingerprint density at radius 3 is 2.36 bits per heavy atom. The number of carbonyl (C=O) groups is 2. The van der Waals surface area contributed by atoms with E-state index >= 15 is 0 Å². The molecule has 0 saturated carbocycles. The van der Waals surface area contributed by atoms with Gasteiger partial charge in [0.05, 0.1) is 12.1 Å². The minimum atomic E-state index is -4.47. The quantitative estimate of drug-likeness (QED) is 0.800. The van der Waals surface area contributed by atoms with E-state index in [4.69, 9.17) is 0 Å². The van der Waals surface area contributed by atoms with Gasteiger partial charge in [0.25, 0.3) is 5.91 Å². The fraction of sp³-hybridized carbons (Fsp3) is 0.600. The predicted molar refractivity (Wildman–Crippen MR) is 101 cm³/mol. The largest absolute Gasteiger partial charge is 0.416 e. The Morgan fingerprint density at radius 1 is 1.14 bits per heavy atom. The Labute approximate surface area is 163 Å². The molecule has 1 aliphatic rings. The van der Waals surface area contributed by atoms with Gasteiger partial charge >= 0.3 is 6.18 Å². The summed E-state index contributed by atoms with van der Waals surface area (Å²) in [5.41, 5.74) is -1.09. The highest BCUT2D eigenvalue weighted by Gasteiger charge is 2.31. The molecule has 0 bridgehead atoms. The lowest BCUT2D eigenvalue weighted by Crippen LogP contribution is -2.48. The lowest BCUT2D eigenvalue weighted by molar-refractivity contribution is -0.137. The first-order chi connectivity index (χ1) is 12.9. The van der Waals surface area contributed by atoms with Crippen molar-refractivity contribution in [3.63, 3.8) is 0 Å². The van der Waals surface area contributed by atoms with Gasteiger partial charge in [0.1, 0.15) is 0 Å². The third-order valence-electron chi connectivity index (χ3n) is 4.59. The van der Waals surface area contributed by atoms with Gasteiger partial charge in [-0.2, -0.15) is 13.2 Å². The molecule has 8 heteroatoms. The van der Waals surface area contributed by atoms with E-state index in [1.807, 2.05) is 20.8 Å². The first-order valence-electron chi connectivity index (χ1n) is 9.43. The van der Waals surface area contributed by atoms with E-state index in [0.29, 0.717) is 13.1 Å². The molecule has 0 spiro atoms. The molecule has 0 unspecified atom stereocenters. The topological polar surface area (TPSA) is 61.4 Å². The summed E-state index contributed by atoms with van der Waals surface area (Å²) in [5, 5.41) is 5.66. The summed E-state index contributed by atoms with van der Waals surface area (Å²) >= 11 is 0. The summed E-state index contributed by atoms with van der Waals surface area (Å²) in [6, 6.07) is 4.42. The maximum absolute atomic E-state index is 12.8. The van der Waals surface area contributed by atoms with Gasteiger partial charge in [-0.3, -0.25) is 14.5 Å². The average Bonchev–Trinajstić information content (AvgIpc) is 2.58. The molecule has 1 aromatic carbocycles. The molecule has 1 aromatic rings. The predicted octanol–water partition coefficient (Wildman–Crippen LogP) is 3.06. The monoisotopic (exact) mass is 399 g/mol. The van der Waals surface area contributed by atoms with Crippen molar-refractivity contribution < 1.29 is 22.8 Å². The Hall–Kier alpha value is -2.09. The van der Waals surface area contributed by atoms with Crippen molar-refractivity contribution in [2.24, 2.45) is 5.92 Å². The Balaban J connectivity index is 1.77. The summed E-state index contributed by atoms with van der Waals surface area (Å²) in [6.45, 7) is 8.07. The van der Waals surface area contributed by atoms with Crippen LogP contribution in [0.3, 0.4) is 0 Å². The zero-order valence-corrected chi connectivity index (χ0v) is 16.5. The molecular weight excluding hydrogens is 371 g/mol. The number of halogens is 3. The number of hydrogen-bond donors (Lipinski definition) is 2. The van der Waals surface area contributed by atoms with Crippen LogP contribution in [0.15, 0.2) is 24.3 Å². The SMILES string of the molecule is CC(C)(C)NC(=O)CN1CCC(CNC(=O)c2cccc(C(F)(F)F)c2)CC1. The molecule has 2 rings (SSSR count). The number of carbonyl (C=O) groups excluding carboxylic acids is 2. The Morgan fingerprint density at radius 2 is 1.79 bits per heavy atom. The molecule has 5 nitrogen and oxygen atoms in total. The van der Waals surface area contributed by atoms with Crippen molar-refractivity contribution in [2.45, 2.75) is 45.3 Å². The first kappa shape index (κ1) is 22.2. The van der Waals surface area contributed by atoms with Crippen LogP contribution in [0, 0.1) is 5.92 Å². The van der Waals surface area contributed by atoms with Gasteiger partial charge < -0.3 is 10.6 Å². The summed E-state index contributed by atoms with van der Waals surface area (Å²) in [6.07, 6.45) is -2.82. The number of rotatable bonds is 5. The van der Waals surface area contributed by atoms with Crippen molar-refractivity contribution in [2.75, 3.05) is 26.2 Å². The van der Waals surface area contributed by atoms with E-state index in [-0.39, 0.29) is 22.9 Å². The third kappa shape index (κ3) is 7.14. The number of benzene rings is 1. The van der Waals surface area contributed by atoms with Crippen LogP contribution < -0.4 is 10.6 Å². The maximum atomic E-state index is 12.8. The molecular formula is C20H28F3N3O2. The molecule has 156 valence electrons. The molecule has 1 heterocycles. The maximum Gasteiger partial charge on any atom is 0.416 e. The van der Waals surface area contributed by atoms with Crippen molar-refractivity contribution in [3.8, 4) is 0 Å². The number of likely N-dealkylation sites (tertiary alicyclic amines) is 1. The van der Waals surface area contributed by atoms with Crippen LogP contribution in [-0.4, -0.2) is 48.4 Å². The normalized spacial score (nSPS) is 16.6. The molecule has 0 radical (unpaired) electrons. The standard InChI is InChI=1S/C20H28F3N3O2/c1-19(2,3)25-17(27)13-26-9-7-14(8-10-26)12-24-18(28)15-5-4-6-16(11-15)20(21,22)23/h4-6,11,14H,7-10,12-13H2,1-3H3,(H,24,28)(H,25,27). The zero-order chi connectivity index (χ0) is 20.9. The Bertz CT molecular complexity index is 691. The number of nitrogens with one attached hydrogen (secondary N) is 2. The van der Waals surface area contributed by atoms with Crippen LogP contribution in [-0.2, 0) is 11.0 Å². The third-order valence-corrected chi connectivity index (χ3v) is 4.59. The van der Waals surface area contributed by atoms with Crippen LogP contribution in [0.1, 0.15) is 49.5 Å². The Kier molecular flexibility index (Phi) is 7.09. The smallest absolute Gasteiger partial charge is 0.352 e. The highest BCUT2D eigenvalue weighted by Crippen LogP contribution is 2.29. The summed E-state index contributed by atoms with van der Waals surface area (Å²) in [7, 11) is 0. The minimum Gasteiger partial charge on any atom is -0.352 e. The molecule has 2 N–H and O–H groups in total. The molecule has 1 fully saturated rings. The van der Waals surface area contributed by atoms with Crippen LogP contribution in [0.25, 0.3) is 0 Å². The van der Waals surface area contributed by atoms with E-state index in [0.717, 1.165) is 38.1 Å². The van der Waals surface area contributed by atoms with E-state index in [9.17, 15) is 22.8 Å². The van der Waals surface area contributed by atoms with E-state index < -0.39 is 17.6 Å². The van der Waals surface area contributed by atoms with Crippen LogP contribution in [0.2, 0.25) is 0 Å². The highest BCUT2D eigenvalue weighted by atomic mass is 19.4. The van der Waals surface area contributed by atoms with Crippen molar-refractivity contribution in [1.82, 2.24) is 15.5 Å². The van der Waals surface area contributed by atoms with Crippen LogP contribution in [0.4, 0.5) is 13.2 Å². The average molecular weight is 399 g/mol. The van der Waals surface area contributed by atoms with E-state index in [1.54, 1.807) is 0 Å². The summed E-state index contributed by atoms with van der Waals surface area (Å²) in [4.78, 5) is 26.2. The number of piperidine rings is 1. The van der Waals surface area contributed by atoms with Gasteiger partial charge in [0.15, 0.2) is 0 Å². The van der Waals surface area contributed by atoms with Gasteiger partial charge in [-0.05, 0) is 70.8 Å². The molecule has 2 amide bonds. The number of nitrogens with zero attached hydrogens (tertiary/aromatic N) is 1. The molecule has 1 saturated heterocycles. The van der Waals surface area contributed by atoms with E-state index in [2.05, 4.69) is 15.5 Å². The number of hydrogen-bond acceptors (Lipinski definition) is 3. The number of alkyl halides is 3. The minimum absolute atomic E-state index is 0.00566. The second-order valence-corrected chi connectivity index (χ2v) is 8.31. The van der Waals surface area contributed by atoms with Gasteiger partial charge in [-0.25, -0.2) is 0 Å². The van der Waals surface area contributed by atoms with Gasteiger partial charge in [0, 0.05) is 17.6 Å². The molecule has 0 aliphatic carbocycles. The fourth-order valence-electron chi connectivity index (χ4n) is 3.19. The molecule has 28 heavy (non-hydrogen) atoms. The molecule has 0 aromatic heterocycles. The molecule has 0 atom stereocenters. The van der Waals surface area contributed by atoms with Crippen LogP contribution in [0.5, 0.6) is 0 Å².